The van der Waals surface area contributed by atoms with Crippen molar-refractivity contribution in [1.29, 1.82) is 0 Å². The molecule has 38 heavy (non-hydrogen) atoms. The number of likely N-dealkylation sites (tertiary alicyclic amines) is 1. The zero-order chi connectivity index (χ0) is 26.7. The lowest BCUT2D eigenvalue weighted by Crippen LogP contribution is -2.70. The van der Waals surface area contributed by atoms with Gasteiger partial charge in [0.2, 0.25) is 5.91 Å². The smallest absolute Gasteiger partial charge is 0.254 e. The van der Waals surface area contributed by atoms with Crippen LogP contribution in [0, 0.1) is 0 Å². The molecule has 2 amide bonds. The van der Waals surface area contributed by atoms with Crippen molar-refractivity contribution in [3.63, 3.8) is 0 Å². The molecular formula is C28H37N5O4S. The summed E-state index contributed by atoms with van der Waals surface area (Å²) in [5.41, 5.74) is 2.23. The van der Waals surface area contributed by atoms with Gasteiger partial charge in [0.25, 0.3) is 5.91 Å². The molecule has 1 aromatic carbocycles. The minimum absolute atomic E-state index is 0.0862. The monoisotopic (exact) mass is 539 g/mol. The summed E-state index contributed by atoms with van der Waals surface area (Å²) >= 11 is 0. The Morgan fingerprint density at radius 1 is 1.05 bits per heavy atom. The summed E-state index contributed by atoms with van der Waals surface area (Å²) in [6, 6.07) is 11.2. The number of carbonyl (C=O) groups is 2. The van der Waals surface area contributed by atoms with Gasteiger partial charge in [-0.25, -0.2) is 4.98 Å². The Labute approximate surface area is 225 Å². The molecule has 1 saturated carbocycles. The zero-order valence-corrected chi connectivity index (χ0v) is 22.9. The molecule has 0 bridgehead atoms. The van der Waals surface area contributed by atoms with E-state index in [4.69, 9.17) is 4.98 Å². The number of pyridine rings is 1. The van der Waals surface area contributed by atoms with Crippen LogP contribution in [0.1, 0.15) is 62.2 Å². The van der Waals surface area contributed by atoms with E-state index in [-0.39, 0.29) is 17.9 Å². The summed E-state index contributed by atoms with van der Waals surface area (Å²) in [6.45, 7) is 2.82. The van der Waals surface area contributed by atoms with Crippen molar-refractivity contribution in [3.8, 4) is 0 Å². The molecule has 1 atom stereocenters. The Kier molecular flexibility index (Phi) is 6.32. The van der Waals surface area contributed by atoms with E-state index in [1.54, 1.807) is 21.9 Å². The Balaban J connectivity index is 1.18. The third-order valence-electron chi connectivity index (χ3n) is 8.97. The highest BCUT2D eigenvalue weighted by atomic mass is 32.3. The van der Waals surface area contributed by atoms with E-state index < -0.39 is 15.3 Å². The topological polar surface area (TPSA) is 109 Å². The lowest BCUT2D eigenvalue weighted by molar-refractivity contribution is -0.119. The number of hydrogen-bond acceptors (Lipinski definition) is 7. The van der Waals surface area contributed by atoms with Gasteiger partial charge in [0.15, 0.2) is 5.82 Å². The van der Waals surface area contributed by atoms with Crippen LogP contribution in [0.2, 0.25) is 0 Å². The number of benzene rings is 1. The molecule has 9 nitrogen and oxygen atoms in total. The number of nitrogens with zero attached hydrogens (tertiary/aromatic N) is 4. The Morgan fingerprint density at radius 3 is 2.34 bits per heavy atom. The number of anilines is 4. The van der Waals surface area contributed by atoms with Gasteiger partial charge in [0, 0.05) is 43.2 Å². The molecule has 204 valence electrons. The predicted molar refractivity (Wildman–Crippen MR) is 152 cm³/mol. The molecule has 0 radical (unpaired) electrons. The van der Waals surface area contributed by atoms with Crippen LogP contribution in [-0.2, 0) is 4.79 Å². The van der Waals surface area contributed by atoms with Gasteiger partial charge in [0.05, 0.1) is 10.4 Å². The van der Waals surface area contributed by atoms with Crippen LogP contribution in [0.5, 0.6) is 0 Å². The quantitative estimate of drug-likeness (QED) is 0.466. The summed E-state index contributed by atoms with van der Waals surface area (Å²) in [5.74, 6) is 2.00. The molecule has 4 aliphatic rings. The van der Waals surface area contributed by atoms with Crippen LogP contribution in [0.3, 0.4) is 0 Å². The molecule has 0 unspecified atom stereocenters. The van der Waals surface area contributed by atoms with E-state index in [9.17, 15) is 18.7 Å². The molecule has 3 aliphatic heterocycles. The third kappa shape index (κ3) is 4.13. The average Bonchev–Trinajstić information content (AvgIpc) is 3.16. The number of fused-ring (bicyclic) bond motifs is 1. The molecule has 6 rings (SSSR count). The van der Waals surface area contributed by atoms with Crippen molar-refractivity contribution in [2.75, 3.05) is 41.0 Å². The Bertz CT molecular complexity index is 1240. The first-order valence-electron chi connectivity index (χ1n) is 13.7. The van der Waals surface area contributed by atoms with Crippen LogP contribution in [0.25, 0.3) is 0 Å². The first-order valence-corrected chi connectivity index (χ1v) is 15.4. The maximum atomic E-state index is 13.0. The van der Waals surface area contributed by atoms with Crippen LogP contribution in [-0.4, -0.2) is 73.5 Å². The first kappa shape index (κ1) is 25.5. The molecule has 1 aliphatic carbocycles. The number of carbonyl (C=O) groups excluding carboxylic acids is 2. The SMILES string of the molecule is C[C@@H]1C(=O)N(C)c2ccc(Nc3ccc(C(=O)N4CC5(CCS5(O)O)C4)cc3)nc2N1C1CCCCCC1. The van der Waals surface area contributed by atoms with Gasteiger partial charge in [-0.15, -0.1) is 0 Å². The molecule has 4 heterocycles. The van der Waals surface area contributed by atoms with E-state index in [0.717, 1.165) is 36.5 Å². The second kappa shape index (κ2) is 9.43. The van der Waals surface area contributed by atoms with Gasteiger partial charge in [-0.05, 0) is 62.6 Å². The number of rotatable bonds is 4. The zero-order valence-electron chi connectivity index (χ0n) is 22.1. The third-order valence-corrected chi connectivity index (χ3v) is 11.6. The Morgan fingerprint density at radius 2 is 1.74 bits per heavy atom. The maximum Gasteiger partial charge on any atom is 0.254 e. The highest BCUT2D eigenvalue weighted by molar-refractivity contribution is 8.26. The van der Waals surface area contributed by atoms with Crippen LogP contribution in [0.15, 0.2) is 36.4 Å². The fourth-order valence-corrected chi connectivity index (χ4v) is 8.32. The summed E-state index contributed by atoms with van der Waals surface area (Å²) in [4.78, 5) is 36.6. The fourth-order valence-electron chi connectivity index (χ4n) is 6.45. The number of aromatic nitrogens is 1. The van der Waals surface area contributed by atoms with E-state index in [1.165, 1.54) is 25.7 Å². The summed E-state index contributed by atoms with van der Waals surface area (Å²) in [7, 11) is -0.721. The molecular weight excluding hydrogens is 502 g/mol. The molecule has 2 saturated heterocycles. The Hall–Kier alpha value is -2.82. The number of nitrogens with one attached hydrogen (secondary N) is 1. The van der Waals surface area contributed by atoms with E-state index in [2.05, 4.69) is 10.2 Å². The van der Waals surface area contributed by atoms with Crippen LogP contribution < -0.4 is 15.1 Å². The molecule has 2 aromatic rings. The van der Waals surface area contributed by atoms with Crippen molar-refractivity contribution in [2.24, 2.45) is 0 Å². The van der Waals surface area contributed by atoms with Crippen molar-refractivity contribution in [1.82, 2.24) is 9.88 Å². The molecule has 3 fully saturated rings. The minimum Gasteiger partial charge on any atom is -0.340 e. The van der Waals surface area contributed by atoms with Gasteiger partial charge in [0.1, 0.15) is 11.9 Å². The van der Waals surface area contributed by atoms with Crippen molar-refractivity contribution >= 4 is 45.4 Å². The standard InChI is InChI=1S/C28H37N5O4S/c1-19-26(34)31(2)23-13-14-24(30-25(23)33(19)22-7-5-3-4-6-8-22)29-21-11-9-20(10-12-21)27(35)32-17-28(18-32)15-16-38(28,36)37/h9-14,19,22,36-37H,3-8,15-18H2,1-2H3,(H,29,30)/t19-/m1/s1. The van der Waals surface area contributed by atoms with Crippen LogP contribution >= 0.6 is 10.6 Å². The molecule has 10 heteroatoms. The van der Waals surface area contributed by atoms with Crippen molar-refractivity contribution < 1.29 is 18.7 Å². The first-order chi connectivity index (χ1) is 18.2. The second-order valence-electron chi connectivity index (χ2n) is 11.3. The maximum absolute atomic E-state index is 13.0. The summed E-state index contributed by atoms with van der Waals surface area (Å²) in [6.07, 6.45) is 7.77. The minimum atomic E-state index is -2.54. The molecule has 1 spiro atoms. The fraction of sp³-hybridized carbons (Fsp3) is 0.536. The highest BCUT2D eigenvalue weighted by Crippen LogP contribution is 2.67. The van der Waals surface area contributed by atoms with Gasteiger partial charge in [-0.3, -0.25) is 18.7 Å². The van der Waals surface area contributed by atoms with E-state index >= 15 is 0 Å². The lowest BCUT2D eigenvalue weighted by atomic mass is 9.93. The average molecular weight is 540 g/mol. The van der Waals surface area contributed by atoms with Gasteiger partial charge >= 0.3 is 0 Å². The van der Waals surface area contributed by atoms with Crippen LogP contribution in [0.4, 0.5) is 23.0 Å². The van der Waals surface area contributed by atoms with Crippen molar-refractivity contribution in [3.05, 3.63) is 42.0 Å². The summed E-state index contributed by atoms with van der Waals surface area (Å²) in [5, 5.41) is 3.37. The van der Waals surface area contributed by atoms with Gasteiger partial charge < -0.3 is 20.0 Å². The predicted octanol–water partition coefficient (Wildman–Crippen LogP) is 5.07. The number of amides is 2. The largest absolute Gasteiger partial charge is 0.340 e. The van der Waals surface area contributed by atoms with Gasteiger partial charge in [-0.1, -0.05) is 25.7 Å². The number of hydrogen-bond donors (Lipinski definition) is 3. The van der Waals surface area contributed by atoms with E-state index in [1.807, 2.05) is 38.2 Å². The van der Waals surface area contributed by atoms with Crippen molar-refractivity contribution in [2.45, 2.75) is 68.7 Å². The molecule has 1 aromatic heterocycles. The van der Waals surface area contributed by atoms with Gasteiger partial charge in [-0.2, -0.15) is 10.6 Å². The highest BCUT2D eigenvalue weighted by Gasteiger charge is 2.60. The number of likely N-dealkylation sites (N-methyl/N-ethyl adjacent to an activating group) is 1. The normalized spacial score (nSPS) is 25.2. The van der Waals surface area contributed by atoms with E-state index in [0.29, 0.717) is 36.3 Å². The molecule has 3 N–H and O–H groups in total. The summed E-state index contributed by atoms with van der Waals surface area (Å²) < 4.78 is 19.8. The second-order valence-corrected chi connectivity index (χ2v) is 13.9. The lowest BCUT2D eigenvalue weighted by Gasteiger charge is -2.67.